The normalized spacial score (nSPS) is 10.4. The minimum absolute atomic E-state index is 0.360. The Labute approximate surface area is 94.9 Å². The molecule has 0 unspecified atom stereocenters. The highest BCUT2D eigenvalue weighted by atomic mass is 16.5. The van der Waals surface area contributed by atoms with Crippen LogP contribution in [0.15, 0.2) is 16.7 Å². The van der Waals surface area contributed by atoms with E-state index in [0.717, 1.165) is 6.42 Å². The van der Waals surface area contributed by atoms with E-state index in [1.165, 1.54) is 19.1 Å². The third kappa shape index (κ3) is 4.04. The van der Waals surface area contributed by atoms with Gasteiger partial charge in [0.15, 0.2) is 0 Å². The van der Waals surface area contributed by atoms with E-state index in [1.807, 2.05) is 5.43 Å². The molecule has 0 bridgehead atoms. The van der Waals surface area contributed by atoms with Crippen molar-refractivity contribution in [2.45, 2.75) is 32.8 Å². The summed E-state index contributed by atoms with van der Waals surface area (Å²) in [7, 11) is 0. The Morgan fingerprint density at radius 2 is 2.38 bits per heavy atom. The number of rotatable bonds is 7. The first-order valence-corrected chi connectivity index (χ1v) is 5.44. The average molecular weight is 226 g/mol. The number of furan rings is 1. The quantitative estimate of drug-likeness (QED) is 0.320. The van der Waals surface area contributed by atoms with Gasteiger partial charge in [-0.05, 0) is 12.5 Å². The third-order valence-corrected chi connectivity index (χ3v) is 2.18. The van der Waals surface area contributed by atoms with Gasteiger partial charge in [0.2, 0.25) is 0 Å². The lowest BCUT2D eigenvalue weighted by Crippen LogP contribution is -2.29. The van der Waals surface area contributed by atoms with Crippen molar-refractivity contribution in [2.75, 3.05) is 6.61 Å². The molecule has 0 aliphatic carbocycles. The van der Waals surface area contributed by atoms with Crippen LogP contribution >= 0.6 is 0 Å². The molecule has 0 saturated carbocycles. The first-order valence-electron chi connectivity index (χ1n) is 5.44. The van der Waals surface area contributed by atoms with Gasteiger partial charge in [-0.1, -0.05) is 19.8 Å². The molecule has 1 heterocycles. The minimum Gasteiger partial charge on any atom is -0.466 e. The lowest BCUT2D eigenvalue weighted by Gasteiger charge is -2.00. The highest BCUT2D eigenvalue weighted by Gasteiger charge is 2.08. The van der Waals surface area contributed by atoms with E-state index in [1.54, 1.807) is 6.07 Å². The van der Waals surface area contributed by atoms with Gasteiger partial charge in [0, 0.05) is 6.61 Å². The number of amides is 1. The highest BCUT2D eigenvalue weighted by Crippen LogP contribution is 2.09. The van der Waals surface area contributed by atoms with Crippen molar-refractivity contribution in [2.24, 2.45) is 5.84 Å². The summed E-state index contributed by atoms with van der Waals surface area (Å²) in [5.41, 5.74) is 2.45. The molecule has 16 heavy (non-hydrogen) atoms. The predicted octanol–water partition coefficient (Wildman–Crippen LogP) is 1.59. The lowest BCUT2D eigenvalue weighted by molar-refractivity contribution is 0.0953. The molecular weight excluding hydrogens is 208 g/mol. The van der Waals surface area contributed by atoms with E-state index in [4.69, 9.17) is 15.0 Å². The average Bonchev–Trinajstić information content (AvgIpc) is 2.76. The van der Waals surface area contributed by atoms with Crippen LogP contribution in [0.4, 0.5) is 0 Å². The van der Waals surface area contributed by atoms with Gasteiger partial charge in [-0.3, -0.25) is 10.2 Å². The van der Waals surface area contributed by atoms with Crippen LogP contribution in [0.1, 0.15) is 42.3 Å². The van der Waals surface area contributed by atoms with Crippen LogP contribution in [0.5, 0.6) is 0 Å². The molecule has 90 valence electrons. The fourth-order valence-electron chi connectivity index (χ4n) is 1.29. The van der Waals surface area contributed by atoms with Crippen LogP contribution in [0.3, 0.4) is 0 Å². The Morgan fingerprint density at radius 3 is 3.06 bits per heavy atom. The molecule has 5 heteroatoms. The van der Waals surface area contributed by atoms with E-state index < -0.39 is 0 Å². The molecule has 5 nitrogen and oxygen atoms in total. The van der Waals surface area contributed by atoms with Gasteiger partial charge < -0.3 is 9.15 Å². The Balaban J connectivity index is 2.27. The van der Waals surface area contributed by atoms with Crippen LogP contribution in [0.25, 0.3) is 0 Å². The molecular formula is C11H18N2O3. The van der Waals surface area contributed by atoms with Crippen molar-refractivity contribution in [1.29, 1.82) is 0 Å². The molecule has 1 aromatic heterocycles. The van der Waals surface area contributed by atoms with E-state index in [-0.39, 0.29) is 5.91 Å². The maximum atomic E-state index is 11.1. The molecule has 0 radical (unpaired) electrons. The fourth-order valence-corrected chi connectivity index (χ4v) is 1.29. The monoisotopic (exact) mass is 226 g/mol. The van der Waals surface area contributed by atoms with Gasteiger partial charge >= 0.3 is 0 Å². The van der Waals surface area contributed by atoms with Gasteiger partial charge in [-0.25, -0.2) is 5.84 Å². The first-order chi connectivity index (χ1) is 7.77. The van der Waals surface area contributed by atoms with Crippen LogP contribution in [-0.2, 0) is 11.3 Å². The second-order valence-corrected chi connectivity index (χ2v) is 3.53. The summed E-state index contributed by atoms with van der Waals surface area (Å²) in [4.78, 5) is 11.1. The Bertz CT molecular complexity index is 323. The summed E-state index contributed by atoms with van der Waals surface area (Å²) < 4.78 is 10.5. The molecule has 1 rings (SSSR count). The Kier molecular flexibility index (Phi) is 5.60. The van der Waals surface area contributed by atoms with Gasteiger partial charge in [0.25, 0.3) is 5.91 Å². The topological polar surface area (TPSA) is 77.5 Å². The largest absolute Gasteiger partial charge is 0.466 e. The molecule has 0 aromatic carbocycles. The van der Waals surface area contributed by atoms with Crippen molar-refractivity contribution in [3.8, 4) is 0 Å². The zero-order valence-corrected chi connectivity index (χ0v) is 9.49. The molecule has 0 spiro atoms. The third-order valence-electron chi connectivity index (χ3n) is 2.18. The maximum absolute atomic E-state index is 11.1. The van der Waals surface area contributed by atoms with Crippen LogP contribution < -0.4 is 11.3 Å². The highest BCUT2D eigenvalue weighted by molar-refractivity contribution is 5.93. The SMILES string of the molecule is CCCCCOCc1cc(C(=O)NN)co1. The van der Waals surface area contributed by atoms with Gasteiger partial charge in [-0.15, -0.1) is 0 Å². The standard InChI is InChI=1S/C11H18N2O3/c1-2-3-4-5-15-8-10-6-9(7-16-10)11(14)13-12/h6-7H,2-5,8,12H2,1H3,(H,13,14). The van der Waals surface area contributed by atoms with Crippen LogP contribution in [0, 0.1) is 0 Å². The van der Waals surface area contributed by atoms with Gasteiger partial charge in [-0.2, -0.15) is 0 Å². The summed E-state index contributed by atoms with van der Waals surface area (Å²) in [6.45, 7) is 3.25. The zero-order chi connectivity index (χ0) is 11.8. The summed E-state index contributed by atoms with van der Waals surface area (Å²) in [6.07, 6.45) is 4.75. The first kappa shape index (κ1) is 12.7. The van der Waals surface area contributed by atoms with Crippen molar-refractivity contribution < 1.29 is 13.9 Å². The smallest absolute Gasteiger partial charge is 0.268 e. The van der Waals surface area contributed by atoms with Gasteiger partial charge in [0.1, 0.15) is 18.6 Å². The van der Waals surface area contributed by atoms with Crippen molar-refractivity contribution >= 4 is 5.91 Å². The molecule has 1 aromatic rings. The number of hydrogen-bond acceptors (Lipinski definition) is 4. The summed E-state index contributed by atoms with van der Waals surface area (Å²) in [6, 6.07) is 1.63. The number of ether oxygens (including phenoxy) is 1. The fraction of sp³-hybridized carbons (Fsp3) is 0.545. The molecule has 0 fully saturated rings. The summed E-state index contributed by atoms with van der Waals surface area (Å²) >= 11 is 0. The molecule has 0 aliphatic rings. The van der Waals surface area contributed by atoms with Crippen LogP contribution in [0.2, 0.25) is 0 Å². The summed E-state index contributed by atoms with van der Waals surface area (Å²) in [5, 5.41) is 0. The lowest BCUT2D eigenvalue weighted by atomic mass is 10.3. The predicted molar refractivity (Wildman–Crippen MR) is 59.5 cm³/mol. The number of nitrogens with one attached hydrogen (secondary N) is 1. The van der Waals surface area contributed by atoms with E-state index in [2.05, 4.69) is 6.92 Å². The number of carbonyl (C=O) groups is 1. The van der Waals surface area contributed by atoms with Crippen molar-refractivity contribution in [3.05, 3.63) is 23.7 Å². The number of unbranched alkanes of at least 4 members (excludes halogenated alkanes) is 2. The second-order valence-electron chi connectivity index (χ2n) is 3.53. The Hall–Kier alpha value is -1.33. The van der Waals surface area contributed by atoms with Crippen molar-refractivity contribution in [3.63, 3.8) is 0 Å². The zero-order valence-electron chi connectivity index (χ0n) is 9.49. The number of carbonyl (C=O) groups excluding carboxylic acids is 1. The number of nitrogens with two attached hydrogens (primary N) is 1. The van der Waals surface area contributed by atoms with E-state index >= 15 is 0 Å². The second kappa shape index (κ2) is 7.03. The molecule has 3 N–H and O–H groups in total. The Morgan fingerprint density at radius 1 is 1.56 bits per heavy atom. The molecule has 0 atom stereocenters. The number of hydrogen-bond donors (Lipinski definition) is 2. The van der Waals surface area contributed by atoms with Gasteiger partial charge in [0.05, 0.1) is 5.56 Å². The van der Waals surface area contributed by atoms with Crippen molar-refractivity contribution in [1.82, 2.24) is 5.43 Å². The summed E-state index contributed by atoms with van der Waals surface area (Å²) in [5.74, 6) is 5.27. The maximum Gasteiger partial charge on any atom is 0.268 e. The van der Waals surface area contributed by atoms with E-state index in [9.17, 15) is 4.79 Å². The van der Waals surface area contributed by atoms with E-state index in [0.29, 0.717) is 24.5 Å². The minimum atomic E-state index is -0.360. The van der Waals surface area contributed by atoms with Crippen LogP contribution in [-0.4, -0.2) is 12.5 Å². The number of nitrogen functional groups attached to an aromatic ring is 1. The molecule has 1 amide bonds. The molecule has 0 saturated heterocycles. The number of hydrazine groups is 1. The molecule has 0 aliphatic heterocycles.